The van der Waals surface area contributed by atoms with Gasteiger partial charge in [-0.05, 0) is 49.2 Å². The molecule has 1 fully saturated rings. The van der Waals surface area contributed by atoms with E-state index in [1.165, 1.54) is 41.5 Å². The van der Waals surface area contributed by atoms with Gasteiger partial charge in [0.15, 0.2) is 0 Å². The molecule has 0 aliphatic heterocycles. The van der Waals surface area contributed by atoms with Crippen molar-refractivity contribution in [3.05, 3.63) is 22.4 Å². The van der Waals surface area contributed by atoms with Crippen LogP contribution in [0.4, 0.5) is 0 Å². The molecule has 0 aromatic carbocycles. The monoisotopic (exact) mass is 293 g/mol. The molecule has 104 valence electrons. The second kappa shape index (κ2) is 5.94. The Morgan fingerprint density at radius 1 is 1.26 bits per heavy atom. The number of hydrogen-bond donors (Lipinski definition) is 1. The number of fused-ring (bicyclic) bond motifs is 1. The van der Waals surface area contributed by atoms with Crippen molar-refractivity contribution in [3.63, 3.8) is 0 Å². The highest BCUT2D eigenvalue weighted by Gasteiger charge is 2.28. The number of nitrogens with one attached hydrogen (secondary N) is 1. The summed E-state index contributed by atoms with van der Waals surface area (Å²) in [5.41, 5.74) is 0. The largest absolute Gasteiger partial charge is 0.312 e. The summed E-state index contributed by atoms with van der Waals surface area (Å²) in [7, 11) is 2.13. The number of thiophene rings is 2. The highest BCUT2D eigenvalue weighted by molar-refractivity contribution is 7.26. The molecule has 1 saturated carbocycles. The first kappa shape index (κ1) is 13.6. The standard InChI is InChI=1S/C16H23NS2/c1-3-11-4-6-12(7-5-11)16(17-2)15-10-14-13(19-15)8-9-18-14/h8-12,16-17H,3-7H2,1-2H3. The Balaban J connectivity index is 1.75. The fraction of sp³-hybridized carbons (Fsp3) is 0.625. The van der Waals surface area contributed by atoms with Crippen LogP contribution in [0.15, 0.2) is 17.5 Å². The van der Waals surface area contributed by atoms with E-state index in [0.29, 0.717) is 6.04 Å². The van der Waals surface area contributed by atoms with Crippen LogP contribution in [0.25, 0.3) is 9.40 Å². The van der Waals surface area contributed by atoms with E-state index in [1.54, 1.807) is 4.88 Å². The van der Waals surface area contributed by atoms with Gasteiger partial charge in [-0.25, -0.2) is 0 Å². The molecule has 0 bridgehead atoms. The Hall–Kier alpha value is -0.380. The second-order valence-electron chi connectivity index (χ2n) is 5.75. The number of hydrogen-bond acceptors (Lipinski definition) is 3. The summed E-state index contributed by atoms with van der Waals surface area (Å²) in [6, 6.07) is 5.24. The van der Waals surface area contributed by atoms with Crippen LogP contribution in [0.1, 0.15) is 49.9 Å². The maximum Gasteiger partial charge on any atom is 0.0454 e. The molecular weight excluding hydrogens is 270 g/mol. The average molecular weight is 294 g/mol. The van der Waals surface area contributed by atoms with Gasteiger partial charge in [0.2, 0.25) is 0 Å². The molecule has 1 atom stereocenters. The summed E-state index contributed by atoms with van der Waals surface area (Å²) in [5, 5.41) is 5.79. The first-order valence-corrected chi connectivity index (χ1v) is 9.15. The lowest BCUT2D eigenvalue weighted by atomic mass is 9.77. The van der Waals surface area contributed by atoms with Gasteiger partial charge in [-0.3, -0.25) is 0 Å². The Bertz CT molecular complexity index is 491. The lowest BCUT2D eigenvalue weighted by Gasteiger charge is -2.33. The van der Waals surface area contributed by atoms with Crippen LogP contribution < -0.4 is 5.32 Å². The van der Waals surface area contributed by atoms with Crippen LogP contribution in [0.5, 0.6) is 0 Å². The summed E-state index contributed by atoms with van der Waals surface area (Å²) >= 11 is 3.85. The third kappa shape index (κ3) is 2.74. The van der Waals surface area contributed by atoms with Crippen LogP contribution in [0.2, 0.25) is 0 Å². The Morgan fingerprint density at radius 2 is 2.05 bits per heavy atom. The van der Waals surface area contributed by atoms with Crippen molar-refractivity contribution in [1.82, 2.24) is 5.32 Å². The lowest BCUT2D eigenvalue weighted by Crippen LogP contribution is -2.28. The third-order valence-corrected chi connectivity index (χ3v) is 6.89. The van der Waals surface area contributed by atoms with Gasteiger partial charge in [0.05, 0.1) is 0 Å². The predicted octanol–water partition coefficient (Wildman–Crippen LogP) is 5.44. The predicted molar refractivity (Wildman–Crippen MR) is 87.2 cm³/mol. The summed E-state index contributed by atoms with van der Waals surface area (Å²) in [5.74, 6) is 1.82. The fourth-order valence-corrected chi connectivity index (χ4v) is 5.80. The highest BCUT2D eigenvalue weighted by Crippen LogP contribution is 2.41. The van der Waals surface area contributed by atoms with Crippen molar-refractivity contribution < 1.29 is 0 Å². The van der Waals surface area contributed by atoms with Gasteiger partial charge >= 0.3 is 0 Å². The highest BCUT2D eigenvalue weighted by atomic mass is 32.1. The van der Waals surface area contributed by atoms with E-state index in [1.807, 2.05) is 22.7 Å². The van der Waals surface area contributed by atoms with Crippen molar-refractivity contribution in [2.75, 3.05) is 7.05 Å². The van der Waals surface area contributed by atoms with Crippen LogP contribution in [-0.2, 0) is 0 Å². The van der Waals surface area contributed by atoms with E-state index >= 15 is 0 Å². The van der Waals surface area contributed by atoms with E-state index < -0.39 is 0 Å². The molecule has 1 nitrogen and oxygen atoms in total. The first-order valence-electron chi connectivity index (χ1n) is 7.46. The van der Waals surface area contributed by atoms with E-state index in [-0.39, 0.29) is 0 Å². The molecule has 2 aromatic rings. The van der Waals surface area contributed by atoms with Gasteiger partial charge in [0.25, 0.3) is 0 Å². The van der Waals surface area contributed by atoms with Crippen molar-refractivity contribution in [2.45, 2.75) is 45.1 Å². The Kier molecular flexibility index (Phi) is 4.25. The minimum absolute atomic E-state index is 0.572. The van der Waals surface area contributed by atoms with Crippen molar-refractivity contribution in [2.24, 2.45) is 11.8 Å². The molecule has 1 aliphatic rings. The molecule has 3 heteroatoms. The molecule has 2 aromatic heterocycles. The van der Waals surface area contributed by atoms with E-state index in [9.17, 15) is 0 Å². The maximum absolute atomic E-state index is 3.59. The molecule has 0 saturated heterocycles. The summed E-state index contributed by atoms with van der Waals surface area (Å²) < 4.78 is 2.92. The minimum atomic E-state index is 0.572. The normalized spacial score (nSPS) is 25.8. The first-order chi connectivity index (χ1) is 9.31. The molecule has 1 unspecified atom stereocenters. The average Bonchev–Trinajstić information content (AvgIpc) is 3.02. The van der Waals surface area contributed by atoms with Crippen molar-refractivity contribution in [3.8, 4) is 0 Å². The summed E-state index contributed by atoms with van der Waals surface area (Å²) in [6.07, 6.45) is 7.02. The quantitative estimate of drug-likeness (QED) is 0.791. The fourth-order valence-electron chi connectivity index (χ4n) is 3.48. The van der Waals surface area contributed by atoms with E-state index in [4.69, 9.17) is 0 Å². The molecule has 19 heavy (non-hydrogen) atoms. The van der Waals surface area contributed by atoms with E-state index in [0.717, 1.165) is 11.8 Å². The molecule has 3 rings (SSSR count). The van der Waals surface area contributed by atoms with Gasteiger partial charge < -0.3 is 5.32 Å². The van der Waals surface area contributed by atoms with Crippen LogP contribution in [0.3, 0.4) is 0 Å². The Morgan fingerprint density at radius 3 is 2.68 bits per heavy atom. The lowest BCUT2D eigenvalue weighted by molar-refractivity contribution is 0.226. The molecule has 0 amide bonds. The van der Waals surface area contributed by atoms with Gasteiger partial charge in [-0.15, -0.1) is 22.7 Å². The zero-order valence-electron chi connectivity index (χ0n) is 11.8. The number of rotatable bonds is 4. The zero-order chi connectivity index (χ0) is 13.2. The summed E-state index contributed by atoms with van der Waals surface area (Å²) in [6.45, 7) is 2.34. The molecule has 0 spiro atoms. The summed E-state index contributed by atoms with van der Waals surface area (Å²) in [4.78, 5) is 1.55. The zero-order valence-corrected chi connectivity index (χ0v) is 13.4. The smallest absolute Gasteiger partial charge is 0.0454 e. The Labute approximate surface area is 124 Å². The van der Waals surface area contributed by atoms with Gasteiger partial charge in [-0.2, -0.15) is 0 Å². The van der Waals surface area contributed by atoms with Gasteiger partial charge in [0, 0.05) is 20.3 Å². The van der Waals surface area contributed by atoms with Gasteiger partial charge in [-0.1, -0.05) is 26.2 Å². The van der Waals surface area contributed by atoms with Crippen LogP contribution in [0, 0.1) is 11.8 Å². The minimum Gasteiger partial charge on any atom is -0.312 e. The molecule has 1 N–H and O–H groups in total. The molecule has 2 heterocycles. The van der Waals surface area contributed by atoms with Crippen molar-refractivity contribution in [1.29, 1.82) is 0 Å². The van der Waals surface area contributed by atoms with Crippen LogP contribution in [-0.4, -0.2) is 7.05 Å². The molecular formula is C16H23NS2. The second-order valence-corrected chi connectivity index (χ2v) is 7.82. The maximum atomic E-state index is 3.59. The molecule has 0 radical (unpaired) electrons. The van der Waals surface area contributed by atoms with Crippen LogP contribution >= 0.6 is 22.7 Å². The topological polar surface area (TPSA) is 12.0 Å². The van der Waals surface area contributed by atoms with E-state index in [2.05, 4.69) is 36.8 Å². The third-order valence-electron chi connectivity index (χ3n) is 4.72. The molecule has 1 aliphatic carbocycles. The van der Waals surface area contributed by atoms with Gasteiger partial charge in [0.1, 0.15) is 0 Å². The SMILES string of the molecule is CCC1CCC(C(NC)c2cc3sccc3s2)CC1. The van der Waals surface area contributed by atoms with Crippen molar-refractivity contribution >= 4 is 32.1 Å².